The predicted molar refractivity (Wildman–Crippen MR) is 77.3 cm³/mol. The first-order chi connectivity index (χ1) is 9.58. The molecule has 8 heteroatoms. The van der Waals surface area contributed by atoms with E-state index in [0.29, 0.717) is 0 Å². The van der Waals surface area contributed by atoms with E-state index in [1.807, 2.05) is 13.8 Å². The van der Waals surface area contributed by atoms with Crippen LogP contribution in [0.25, 0.3) is 0 Å². The topological polar surface area (TPSA) is 105 Å². The van der Waals surface area contributed by atoms with Gasteiger partial charge in [0.2, 0.25) is 5.43 Å². The number of amides is 1. The molecule has 0 unspecified atom stereocenters. The molecular weight excluding hydrogens is 282 g/mol. The Bertz CT molecular complexity index is 662. The summed E-state index contributed by atoms with van der Waals surface area (Å²) in [6, 6.07) is 3.86. The van der Waals surface area contributed by atoms with Crippen LogP contribution in [0, 0.1) is 10.1 Å². The molecule has 7 nitrogen and oxygen atoms in total. The lowest BCUT2D eigenvalue weighted by atomic mass is 10.3. The predicted octanol–water partition coefficient (Wildman–Crippen LogP) is 2.62. The van der Waals surface area contributed by atoms with Crippen molar-refractivity contribution in [3.63, 3.8) is 0 Å². The summed E-state index contributed by atoms with van der Waals surface area (Å²) in [6.07, 6.45) is 2.79. The van der Waals surface area contributed by atoms with Gasteiger partial charge in [0.1, 0.15) is 5.69 Å². The Morgan fingerprint density at radius 2 is 2.05 bits per heavy atom. The minimum atomic E-state index is -0.573. The smallest absolute Gasteiger partial charge is 0.324 e. The van der Waals surface area contributed by atoms with Crippen LogP contribution >= 0.6 is 11.3 Å². The minimum absolute atomic E-state index is 0.0959. The zero-order valence-corrected chi connectivity index (χ0v) is 11.7. The molecular formula is C12H13N3O4S. The van der Waals surface area contributed by atoms with Crippen LogP contribution in [0.4, 0.5) is 10.7 Å². The maximum Gasteiger partial charge on any atom is 0.324 e. The number of thiophene rings is 1. The maximum atomic E-state index is 11.7. The Balaban J connectivity index is 0.000000956. The Hall–Kier alpha value is -2.48. The van der Waals surface area contributed by atoms with Gasteiger partial charge in [-0.25, -0.2) is 0 Å². The van der Waals surface area contributed by atoms with Crippen molar-refractivity contribution in [3.05, 3.63) is 55.8 Å². The van der Waals surface area contributed by atoms with Gasteiger partial charge in [-0.2, -0.15) is 0 Å². The van der Waals surface area contributed by atoms with Gasteiger partial charge in [0.05, 0.1) is 9.80 Å². The van der Waals surface area contributed by atoms with Gasteiger partial charge in [0.15, 0.2) is 0 Å². The molecule has 106 valence electrons. The molecule has 2 aromatic rings. The first-order valence-electron chi connectivity index (χ1n) is 5.80. The molecule has 1 amide bonds. The van der Waals surface area contributed by atoms with Crippen LogP contribution in [0.15, 0.2) is 35.4 Å². The summed E-state index contributed by atoms with van der Waals surface area (Å²) in [4.78, 5) is 35.8. The summed E-state index contributed by atoms with van der Waals surface area (Å²) in [6.45, 7) is 4.00. The van der Waals surface area contributed by atoms with Gasteiger partial charge in [0.25, 0.3) is 5.91 Å². The van der Waals surface area contributed by atoms with E-state index < -0.39 is 10.8 Å². The number of nitro groups is 1. The van der Waals surface area contributed by atoms with E-state index in [9.17, 15) is 19.7 Å². The molecule has 0 saturated carbocycles. The van der Waals surface area contributed by atoms with Gasteiger partial charge < -0.3 is 10.3 Å². The second-order valence-corrected chi connectivity index (χ2v) is 4.33. The average Bonchev–Trinajstić information content (AvgIpc) is 2.93. The number of rotatable bonds is 3. The van der Waals surface area contributed by atoms with Crippen molar-refractivity contribution in [3.8, 4) is 0 Å². The molecule has 0 saturated heterocycles. The molecule has 0 spiro atoms. The average molecular weight is 295 g/mol. The molecule has 2 rings (SSSR count). The molecule has 0 aromatic carbocycles. The normalized spacial score (nSPS) is 9.30. The number of pyridine rings is 1. The summed E-state index contributed by atoms with van der Waals surface area (Å²) in [7, 11) is 0. The first kappa shape index (κ1) is 15.6. The van der Waals surface area contributed by atoms with E-state index >= 15 is 0 Å². The number of aromatic nitrogens is 1. The van der Waals surface area contributed by atoms with E-state index in [2.05, 4.69) is 10.3 Å². The van der Waals surface area contributed by atoms with Crippen molar-refractivity contribution < 1.29 is 9.72 Å². The number of hydrogen-bond donors (Lipinski definition) is 2. The minimum Gasteiger partial charge on any atom is -0.366 e. The highest BCUT2D eigenvalue weighted by molar-refractivity contribution is 7.17. The van der Waals surface area contributed by atoms with Crippen molar-refractivity contribution in [2.24, 2.45) is 0 Å². The van der Waals surface area contributed by atoms with Crippen LogP contribution in [0.1, 0.15) is 23.5 Å². The van der Waals surface area contributed by atoms with Crippen molar-refractivity contribution in [2.75, 3.05) is 5.32 Å². The molecule has 0 aliphatic carbocycles. The van der Waals surface area contributed by atoms with Gasteiger partial charge in [-0.15, -0.1) is 0 Å². The van der Waals surface area contributed by atoms with Crippen LogP contribution in [-0.2, 0) is 0 Å². The summed E-state index contributed by atoms with van der Waals surface area (Å²) < 4.78 is 0. The second kappa shape index (κ2) is 7.19. The number of carbonyl (C=O) groups excluding carboxylic acids is 1. The van der Waals surface area contributed by atoms with Gasteiger partial charge in [-0.1, -0.05) is 25.2 Å². The summed E-state index contributed by atoms with van der Waals surface area (Å²) in [5.41, 5.74) is -0.244. The number of aromatic amines is 1. The van der Waals surface area contributed by atoms with Crippen LogP contribution in [-0.4, -0.2) is 15.8 Å². The number of carbonyl (C=O) groups is 1. The quantitative estimate of drug-likeness (QED) is 0.670. The standard InChI is InChI=1S/C10H7N3O4S.C2H6/c14-7-3-4-11-5-6(7)12-10(15)8-1-2-9(18-8)13(16)17;1-2/h1-5H,(H,11,14)(H,12,15);1-2H3. The van der Waals surface area contributed by atoms with Crippen LogP contribution < -0.4 is 10.7 Å². The van der Waals surface area contributed by atoms with Crippen molar-refractivity contribution in [1.29, 1.82) is 0 Å². The molecule has 2 N–H and O–H groups in total. The molecule has 0 aliphatic rings. The molecule has 2 heterocycles. The molecule has 0 bridgehead atoms. The second-order valence-electron chi connectivity index (χ2n) is 3.27. The molecule has 20 heavy (non-hydrogen) atoms. The lowest BCUT2D eigenvalue weighted by molar-refractivity contribution is -0.380. The van der Waals surface area contributed by atoms with Gasteiger partial charge in [-0.05, 0) is 6.07 Å². The van der Waals surface area contributed by atoms with Gasteiger partial charge >= 0.3 is 5.00 Å². The van der Waals surface area contributed by atoms with Gasteiger partial charge in [-0.3, -0.25) is 19.7 Å². The third kappa shape index (κ3) is 3.75. The highest BCUT2D eigenvalue weighted by Crippen LogP contribution is 2.24. The molecule has 0 aliphatic heterocycles. The van der Waals surface area contributed by atoms with E-state index in [0.717, 1.165) is 11.3 Å². The fourth-order valence-electron chi connectivity index (χ4n) is 1.25. The fraction of sp³-hybridized carbons (Fsp3) is 0.167. The summed E-state index contributed by atoms with van der Waals surface area (Å²) in [5, 5.41) is 12.7. The van der Waals surface area contributed by atoms with Crippen LogP contribution in [0.3, 0.4) is 0 Å². The van der Waals surface area contributed by atoms with E-state index in [-0.39, 0.29) is 21.0 Å². The monoisotopic (exact) mass is 295 g/mol. The third-order valence-electron chi connectivity index (χ3n) is 2.07. The van der Waals surface area contributed by atoms with Crippen molar-refractivity contribution in [2.45, 2.75) is 13.8 Å². The van der Waals surface area contributed by atoms with Crippen LogP contribution in [0.2, 0.25) is 0 Å². The number of H-pyrrole nitrogens is 1. The Morgan fingerprint density at radius 1 is 1.35 bits per heavy atom. The highest BCUT2D eigenvalue weighted by Gasteiger charge is 2.15. The van der Waals surface area contributed by atoms with Crippen molar-refractivity contribution >= 4 is 27.9 Å². The molecule has 0 fully saturated rings. The lowest BCUT2D eigenvalue weighted by Gasteiger charge is -2.00. The zero-order valence-electron chi connectivity index (χ0n) is 10.9. The number of nitrogens with zero attached hydrogens (tertiary/aromatic N) is 1. The number of hydrogen-bond acceptors (Lipinski definition) is 5. The third-order valence-corrected chi connectivity index (χ3v) is 3.10. The Morgan fingerprint density at radius 3 is 2.60 bits per heavy atom. The Labute approximate surface area is 118 Å². The lowest BCUT2D eigenvalue weighted by Crippen LogP contribution is -2.16. The van der Waals surface area contributed by atoms with Gasteiger partial charge in [0, 0.05) is 24.5 Å². The summed E-state index contributed by atoms with van der Waals surface area (Å²) >= 11 is 0.751. The van der Waals surface area contributed by atoms with Crippen LogP contribution in [0.5, 0.6) is 0 Å². The zero-order chi connectivity index (χ0) is 15.1. The molecule has 0 atom stereocenters. The van der Waals surface area contributed by atoms with E-state index in [1.165, 1.54) is 30.6 Å². The maximum absolute atomic E-state index is 11.7. The molecule has 2 aromatic heterocycles. The summed E-state index contributed by atoms with van der Waals surface area (Å²) in [5.74, 6) is -0.551. The fourth-order valence-corrected chi connectivity index (χ4v) is 1.96. The number of anilines is 1. The van der Waals surface area contributed by atoms with Crippen molar-refractivity contribution in [1.82, 2.24) is 4.98 Å². The van der Waals surface area contributed by atoms with E-state index in [1.54, 1.807) is 0 Å². The SMILES string of the molecule is CC.O=C(Nc1c[nH]ccc1=O)c1ccc([N+](=O)[O-])s1. The first-order valence-corrected chi connectivity index (χ1v) is 6.62. The number of nitrogens with one attached hydrogen (secondary N) is 2. The van der Waals surface area contributed by atoms with E-state index in [4.69, 9.17) is 0 Å². The largest absolute Gasteiger partial charge is 0.366 e. The highest BCUT2D eigenvalue weighted by atomic mass is 32.1. The Kier molecular flexibility index (Phi) is 5.60. The molecule has 0 radical (unpaired) electrons.